The minimum Gasteiger partial charge on any atom is -0.481 e. The van der Waals surface area contributed by atoms with Gasteiger partial charge < -0.3 is 20.1 Å². The Morgan fingerprint density at radius 2 is 1.78 bits per heavy atom. The number of amides is 2. The quantitative estimate of drug-likeness (QED) is 0.199. The van der Waals surface area contributed by atoms with E-state index >= 15 is 0 Å². The Morgan fingerprint density at radius 1 is 1.03 bits per heavy atom. The van der Waals surface area contributed by atoms with E-state index in [4.69, 9.17) is 9.84 Å². The molecule has 3 rings (SSSR count). The zero-order valence-electron chi connectivity index (χ0n) is 21.6. The van der Waals surface area contributed by atoms with Crippen LogP contribution in [0, 0.1) is 11.8 Å². The van der Waals surface area contributed by atoms with Gasteiger partial charge in [0.15, 0.2) is 0 Å². The topological polar surface area (TPSA) is 95.9 Å². The first-order chi connectivity index (χ1) is 17.5. The number of nitrogens with zero attached hydrogens (tertiary/aromatic N) is 1. The molecule has 0 unspecified atom stereocenters. The number of carbonyl (C=O) groups is 3. The standard InChI is InChI=1S/C29H42N2O5/c1-2-3-21-31(22-13-7-6-8-14-22)29(35)28(34)30-20-12-11-16-24-23(25-18-19-26(24)36-25)15-9-4-5-10-17-27(32)33/h4,6-9,13-14,23-26H,2-3,5,10-12,15-21H2,1H3,(H,30,34)(H,32,33)/b9-4-/t23-,24+,25-,26+/m1/s1. The number of carboxylic acid groups (broad SMARTS) is 1. The van der Waals surface area contributed by atoms with Gasteiger partial charge in [-0.05, 0) is 75.3 Å². The molecule has 7 heteroatoms. The predicted molar refractivity (Wildman–Crippen MR) is 141 cm³/mol. The maximum absolute atomic E-state index is 12.8. The van der Waals surface area contributed by atoms with Gasteiger partial charge in [-0.15, -0.1) is 0 Å². The Balaban J connectivity index is 1.39. The molecule has 2 bridgehead atoms. The lowest BCUT2D eigenvalue weighted by Gasteiger charge is -2.27. The third-order valence-corrected chi connectivity index (χ3v) is 7.42. The van der Waals surface area contributed by atoms with E-state index in [2.05, 4.69) is 24.4 Å². The summed E-state index contributed by atoms with van der Waals surface area (Å²) in [6.07, 6.45) is 14.6. The number of aliphatic carboxylic acids is 1. The van der Waals surface area contributed by atoms with Crippen LogP contribution in [0.15, 0.2) is 42.5 Å². The van der Waals surface area contributed by atoms with Gasteiger partial charge in [-0.3, -0.25) is 14.4 Å². The summed E-state index contributed by atoms with van der Waals surface area (Å²) < 4.78 is 6.20. The van der Waals surface area contributed by atoms with Gasteiger partial charge in [-0.25, -0.2) is 0 Å². The first-order valence-electron chi connectivity index (χ1n) is 13.7. The second-order valence-corrected chi connectivity index (χ2v) is 10.0. The van der Waals surface area contributed by atoms with E-state index < -0.39 is 17.8 Å². The molecule has 0 radical (unpaired) electrons. The summed E-state index contributed by atoms with van der Waals surface area (Å²) in [7, 11) is 0. The van der Waals surface area contributed by atoms with E-state index in [1.807, 2.05) is 30.3 Å². The molecule has 2 aliphatic heterocycles. The molecule has 1 aromatic carbocycles. The fourth-order valence-electron chi connectivity index (χ4n) is 5.52. The van der Waals surface area contributed by atoms with Crippen molar-refractivity contribution in [3.05, 3.63) is 42.5 Å². The first-order valence-corrected chi connectivity index (χ1v) is 13.7. The van der Waals surface area contributed by atoms with Crippen LogP contribution in [0.5, 0.6) is 0 Å². The van der Waals surface area contributed by atoms with Crippen LogP contribution < -0.4 is 10.2 Å². The Morgan fingerprint density at radius 3 is 2.50 bits per heavy atom. The molecule has 0 saturated carbocycles. The van der Waals surface area contributed by atoms with Crippen LogP contribution in [0.2, 0.25) is 0 Å². The van der Waals surface area contributed by atoms with Crippen molar-refractivity contribution in [1.29, 1.82) is 0 Å². The number of anilines is 1. The highest BCUT2D eigenvalue weighted by atomic mass is 16.5. The van der Waals surface area contributed by atoms with Crippen LogP contribution in [0.25, 0.3) is 0 Å². The number of nitrogens with one attached hydrogen (secondary N) is 1. The molecule has 2 aliphatic rings. The van der Waals surface area contributed by atoms with Gasteiger partial charge in [0.2, 0.25) is 0 Å². The van der Waals surface area contributed by atoms with Gasteiger partial charge in [0.1, 0.15) is 0 Å². The van der Waals surface area contributed by atoms with Crippen molar-refractivity contribution in [2.45, 2.75) is 89.8 Å². The number of para-hydroxylation sites is 1. The third kappa shape index (κ3) is 8.19. The van der Waals surface area contributed by atoms with E-state index in [1.54, 1.807) is 4.90 Å². The molecular formula is C29H42N2O5. The highest BCUT2D eigenvalue weighted by Crippen LogP contribution is 2.47. The van der Waals surface area contributed by atoms with Gasteiger partial charge >= 0.3 is 17.8 Å². The summed E-state index contributed by atoms with van der Waals surface area (Å²) in [5.41, 5.74) is 0.754. The van der Waals surface area contributed by atoms with Gasteiger partial charge in [0.25, 0.3) is 0 Å². The maximum atomic E-state index is 12.8. The molecule has 2 saturated heterocycles. The van der Waals surface area contributed by atoms with Crippen molar-refractivity contribution in [3.63, 3.8) is 0 Å². The fourth-order valence-corrected chi connectivity index (χ4v) is 5.52. The van der Waals surface area contributed by atoms with Crippen LogP contribution >= 0.6 is 0 Å². The van der Waals surface area contributed by atoms with E-state index in [9.17, 15) is 14.4 Å². The number of ether oxygens (including phenoxy) is 1. The molecule has 1 aromatic rings. The lowest BCUT2D eigenvalue weighted by molar-refractivity contribution is -0.137. The van der Waals surface area contributed by atoms with Gasteiger partial charge in [0, 0.05) is 25.2 Å². The second-order valence-electron chi connectivity index (χ2n) is 10.0. The molecule has 2 amide bonds. The third-order valence-electron chi connectivity index (χ3n) is 7.42. The number of unbranched alkanes of at least 4 members (excludes halogenated alkanes) is 3. The lowest BCUT2D eigenvalue weighted by atomic mass is 9.75. The van der Waals surface area contributed by atoms with Crippen molar-refractivity contribution >= 4 is 23.5 Å². The average molecular weight is 499 g/mol. The Labute approximate surface area is 215 Å². The minimum atomic E-state index is -0.740. The molecule has 2 heterocycles. The van der Waals surface area contributed by atoms with E-state index in [0.717, 1.165) is 63.5 Å². The average Bonchev–Trinajstić information content (AvgIpc) is 3.48. The second kappa shape index (κ2) is 14.8. The summed E-state index contributed by atoms with van der Waals surface area (Å²) in [5, 5.41) is 11.6. The van der Waals surface area contributed by atoms with Crippen LogP contribution in [-0.4, -0.2) is 48.2 Å². The fraction of sp³-hybridized carbons (Fsp3) is 0.621. The molecule has 2 fully saturated rings. The highest BCUT2D eigenvalue weighted by Gasteiger charge is 2.47. The maximum Gasteiger partial charge on any atom is 0.316 e. The minimum absolute atomic E-state index is 0.218. The number of allylic oxidation sites excluding steroid dienone is 2. The number of hydrogen-bond acceptors (Lipinski definition) is 4. The summed E-state index contributed by atoms with van der Waals surface area (Å²) in [5.74, 6) is -0.716. The highest BCUT2D eigenvalue weighted by molar-refractivity contribution is 6.40. The first kappa shape index (κ1) is 27.9. The van der Waals surface area contributed by atoms with Crippen molar-refractivity contribution < 1.29 is 24.2 Å². The monoisotopic (exact) mass is 498 g/mol. The summed E-state index contributed by atoms with van der Waals surface area (Å²) in [6, 6.07) is 9.37. The molecule has 0 spiro atoms. The van der Waals surface area contributed by atoms with Gasteiger partial charge in [-0.2, -0.15) is 0 Å². The number of fused-ring (bicyclic) bond motifs is 2. The van der Waals surface area contributed by atoms with E-state index in [0.29, 0.717) is 43.6 Å². The van der Waals surface area contributed by atoms with Crippen LogP contribution in [0.4, 0.5) is 5.69 Å². The number of benzene rings is 1. The van der Waals surface area contributed by atoms with E-state index in [1.165, 1.54) is 0 Å². The zero-order chi connectivity index (χ0) is 25.8. The molecule has 0 aromatic heterocycles. The Bertz CT molecular complexity index is 872. The number of carbonyl (C=O) groups excluding carboxylic acids is 2. The van der Waals surface area contributed by atoms with Crippen LogP contribution in [0.1, 0.15) is 77.6 Å². The molecule has 7 nitrogen and oxygen atoms in total. The molecule has 2 N–H and O–H groups in total. The SMILES string of the molecule is CCCCN(C(=O)C(=O)NCCCC[C@H]1[C@@H](C/C=C\CCCC(=O)O)[C@H]2CC[C@@H]1O2)c1ccccc1. The van der Waals surface area contributed by atoms with Gasteiger partial charge in [0.05, 0.1) is 12.2 Å². The van der Waals surface area contributed by atoms with Crippen molar-refractivity contribution in [2.75, 3.05) is 18.0 Å². The van der Waals surface area contributed by atoms with Crippen LogP contribution in [-0.2, 0) is 19.1 Å². The predicted octanol–water partition coefficient (Wildman–Crippen LogP) is 5.10. The van der Waals surface area contributed by atoms with Crippen molar-refractivity contribution in [3.8, 4) is 0 Å². The van der Waals surface area contributed by atoms with E-state index in [-0.39, 0.29) is 6.42 Å². The normalized spacial score (nSPS) is 22.7. The molecular weight excluding hydrogens is 456 g/mol. The largest absolute Gasteiger partial charge is 0.481 e. The zero-order valence-corrected chi connectivity index (χ0v) is 21.6. The van der Waals surface area contributed by atoms with Crippen molar-refractivity contribution in [1.82, 2.24) is 5.32 Å². The molecule has 36 heavy (non-hydrogen) atoms. The summed E-state index contributed by atoms with van der Waals surface area (Å²) >= 11 is 0. The Hall–Kier alpha value is -2.67. The molecule has 0 aliphatic carbocycles. The van der Waals surface area contributed by atoms with Crippen molar-refractivity contribution in [2.24, 2.45) is 11.8 Å². The smallest absolute Gasteiger partial charge is 0.316 e. The number of carboxylic acids is 1. The number of rotatable bonds is 15. The number of hydrogen-bond donors (Lipinski definition) is 2. The lowest BCUT2D eigenvalue weighted by Crippen LogP contribution is -2.44. The summed E-state index contributed by atoms with van der Waals surface area (Å²) in [4.78, 5) is 37.6. The van der Waals surface area contributed by atoms with Crippen LogP contribution in [0.3, 0.4) is 0 Å². The molecule has 198 valence electrons. The summed E-state index contributed by atoms with van der Waals surface area (Å²) in [6.45, 7) is 3.10. The Kier molecular flexibility index (Phi) is 11.5. The van der Waals surface area contributed by atoms with Gasteiger partial charge in [-0.1, -0.05) is 50.1 Å². The molecule has 4 atom stereocenters.